The topological polar surface area (TPSA) is 49.9 Å². The summed E-state index contributed by atoms with van der Waals surface area (Å²) in [5.41, 5.74) is 0.668. The van der Waals surface area contributed by atoms with E-state index in [1.807, 2.05) is 37.5 Å². The van der Waals surface area contributed by atoms with Gasteiger partial charge in [-0.2, -0.15) is 0 Å². The Balaban J connectivity index is 1.91. The summed E-state index contributed by atoms with van der Waals surface area (Å²) in [5, 5.41) is 0. The predicted molar refractivity (Wildman–Crippen MR) is 94.2 cm³/mol. The van der Waals surface area contributed by atoms with Crippen LogP contribution >= 0.6 is 0 Å². The average molecular weight is 332 g/mol. The Labute approximate surface area is 144 Å². The molecule has 1 aromatic carbocycles. The largest absolute Gasteiger partial charge is 0.484 e. The van der Waals surface area contributed by atoms with Crippen molar-refractivity contribution >= 4 is 11.8 Å². The molecule has 132 valence electrons. The highest BCUT2D eigenvalue weighted by molar-refractivity contribution is 5.94. The standard InChI is InChI=1S/C19H28N2O3/c1-14(2)21(15(3)4)18(22)13-24-17-9-7-16(8-10-17)19(23)20-11-5-6-12-20/h7-10,14-15H,5-6,11-13H2,1-4H3. The van der Waals surface area contributed by atoms with Crippen molar-refractivity contribution in [1.82, 2.24) is 9.80 Å². The van der Waals surface area contributed by atoms with E-state index in [0.717, 1.165) is 25.9 Å². The summed E-state index contributed by atoms with van der Waals surface area (Å²) in [7, 11) is 0. The number of carbonyl (C=O) groups is 2. The lowest BCUT2D eigenvalue weighted by Crippen LogP contribution is -2.44. The van der Waals surface area contributed by atoms with Gasteiger partial charge in [0.05, 0.1) is 0 Å². The molecule has 2 amide bonds. The van der Waals surface area contributed by atoms with E-state index in [1.54, 1.807) is 24.3 Å². The Hall–Kier alpha value is -2.04. The van der Waals surface area contributed by atoms with Gasteiger partial charge in [-0.15, -0.1) is 0 Å². The molecule has 5 heteroatoms. The molecule has 1 aliphatic heterocycles. The third-order valence-corrected chi connectivity index (χ3v) is 4.26. The van der Waals surface area contributed by atoms with E-state index >= 15 is 0 Å². The van der Waals surface area contributed by atoms with Crippen molar-refractivity contribution in [2.45, 2.75) is 52.6 Å². The SMILES string of the molecule is CC(C)N(C(=O)COc1ccc(C(=O)N2CCCC2)cc1)C(C)C. The van der Waals surface area contributed by atoms with Gasteiger partial charge in [-0.3, -0.25) is 9.59 Å². The molecule has 0 radical (unpaired) electrons. The molecular formula is C19H28N2O3. The second kappa shape index (κ2) is 8.18. The van der Waals surface area contributed by atoms with Gasteiger partial charge in [0.1, 0.15) is 5.75 Å². The summed E-state index contributed by atoms with van der Waals surface area (Å²) in [6, 6.07) is 7.33. The van der Waals surface area contributed by atoms with E-state index in [2.05, 4.69) is 0 Å². The quantitative estimate of drug-likeness (QED) is 0.805. The van der Waals surface area contributed by atoms with Crippen molar-refractivity contribution < 1.29 is 14.3 Å². The van der Waals surface area contributed by atoms with E-state index < -0.39 is 0 Å². The number of amides is 2. The number of likely N-dealkylation sites (tertiary alicyclic amines) is 1. The fraction of sp³-hybridized carbons (Fsp3) is 0.579. The molecule has 5 nitrogen and oxygen atoms in total. The zero-order chi connectivity index (χ0) is 17.7. The number of benzene rings is 1. The number of ether oxygens (including phenoxy) is 1. The zero-order valence-corrected chi connectivity index (χ0v) is 15.1. The van der Waals surface area contributed by atoms with E-state index in [1.165, 1.54) is 0 Å². The second-order valence-corrected chi connectivity index (χ2v) is 6.80. The first-order valence-electron chi connectivity index (χ1n) is 8.73. The molecule has 1 aliphatic rings. The number of hydrogen-bond acceptors (Lipinski definition) is 3. The van der Waals surface area contributed by atoms with Crippen LogP contribution in [0.1, 0.15) is 50.9 Å². The molecular weight excluding hydrogens is 304 g/mol. The maximum atomic E-state index is 12.3. The minimum Gasteiger partial charge on any atom is -0.484 e. The van der Waals surface area contributed by atoms with E-state index in [0.29, 0.717) is 11.3 Å². The third-order valence-electron chi connectivity index (χ3n) is 4.26. The van der Waals surface area contributed by atoms with Crippen molar-refractivity contribution in [1.29, 1.82) is 0 Å². The molecule has 2 rings (SSSR count). The van der Waals surface area contributed by atoms with Gasteiger partial charge >= 0.3 is 0 Å². The lowest BCUT2D eigenvalue weighted by molar-refractivity contribution is -0.136. The first kappa shape index (κ1) is 18.3. The van der Waals surface area contributed by atoms with Gasteiger partial charge < -0.3 is 14.5 Å². The lowest BCUT2D eigenvalue weighted by atomic mass is 10.2. The van der Waals surface area contributed by atoms with Crippen molar-refractivity contribution in [3.05, 3.63) is 29.8 Å². The lowest BCUT2D eigenvalue weighted by Gasteiger charge is -2.30. The van der Waals surface area contributed by atoms with Crippen molar-refractivity contribution in [2.24, 2.45) is 0 Å². The molecule has 0 aromatic heterocycles. The van der Waals surface area contributed by atoms with Crippen LogP contribution in [0.5, 0.6) is 5.75 Å². The maximum Gasteiger partial charge on any atom is 0.260 e. The molecule has 0 unspecified atom stereocenters. The van der Waals surface area contributed by atoms with Crippen molar-refractivity contribution in [3.8, 4) is 5.75 Å². The highest BCUT2D eigenvalue weighted by atomic mass is 16.5. The summed E-state index contributed by atoms with van der Waals surface area (Å²) < 4.78 is 5.59. The molecule has 0 bridgehead atoms. The number of nitrogens with zero attached hydrogens (tertiary/aromatic N) is 2. The van der Waals surface area contributed by atoms with Crippen LogP contribution in [0, 0.1) is 0 Å². The minimum absolute atomic E-state index is 0.00970. The fourth-order valence-corrected chi connectivity index (χ4v) is 3.19. The van der Waals surface area contributed by atoms with Gasteiger partial charge in [-0.25, -0.2) is 0 Å². The van der Waals surface area contributed by atoms with Crippen LogP contribution < -0.4 is 4.74 Å². The summed E-state index contributed by atoms with van der Waals surface area (Å²) in [6.45, 7) is 9.67. The van der Waals surface area contributed by atoms with E-state index in [9.17, 15) is 9.59 Å². The molecule has 0 saturated carbocycles. The molecule has 24 heavy (non-hydrogen) atoms. The minimum atomic E-state index is -0.0304. The molecule has 1 heterocycles. The Morgan fingerprint density at radius 2 is 1.58 bits per heavy atom. The maximum absolute atomic E-state index is 12.3. The first-order valence-corrected chi connectivity index (χ1v) is 8.73. The van der Waals surface area contributed by atoms with Gasteiger partial charge in [0, 0.05) is 30.7 Å². The molecule has 0 aliphatic carbocycles. The van der Waals surface area contributed by atoms with Gasteiger partial charge in [-0.05, 0) is 64.8 Å². The highest BCUT2D eigenvalue weighted by Gasteiger charge is 2.21. The molecule has 0 N–H and O–H groups in total. The monoisotopic (exact) mass is 332 g/mol. The van der Waals surface area contributed by atoms with Gasteiger partial charge in [0.25, 0.3) is 11.8 Å². The summed E-state index contributed by atoms with van der Waals surface area (Å²) in [6.07, 6.45) is 2.16. The summed E-state index contributed by atoms with van der Waals surface area (Å²) in [4.78, 5) is 28.3. The first-order chi connectivity index (χ1) is 11.4. The number of hydrogen-bond donors (Lipinski definition) is 0. The third kappa shape index (κ3) is 4.49. The normalized spacial score (nSPS) is 14.3. The second-order valence-electron chi connectivity index (χ2n) is 6.80. The van der Waals surface area contributed by atoms with Crippen LogP contribution in [0.25, 0.3) is 0 Å². The molecule has 1 saturated heterocycles. The fourth-order valence-electron chi connectivity index (χ4n) is 3.19. The van der Waals surface area contributed by atoms with Gasteiger partial charge in [0.15, 0.2) is 6.61 Å². The van der Waals surface area contributed by atoms with E-state index in [-0.39, 0.29) is 30.5 Å². The van der Waals surface area contributed by atoms with Gasteiger partial charge in [-0.1, -0.05) is 0 Å². The Kier molecular flexibility index (Phi) is 6.23. The molecule has 0 atom stereocenters. The number of carbonyl (C=O) groups excluding carboxylic acids is 2. The smallest absolute Gasteiger partial charge is 0.260 e. The van der Waals surface area contributed by atoms with Crippen LogP contribution in [0.3, 0.4) is 0 Å². The van der Waals surface area contributed by atoms with Crippen LogP contribution in [-0.4, -0.2) is 53.4 Å². The predicted octanol–water partition coefficient (Wildman–Crippen LogP) is 2.95. The Morgan fingerprint density at radius 1 is 1.04 bits per heavy atom. The molecule has 1 fully saturated rings. The van der Waals surface area contributed by atoms with Crippen molar-refractivity contribution in [3.63, 3.8) is 0 Å². The summed E-state index contributed by atoms with van der Waals surface area (Å²) in [5.74, 6) is 0.645. The Bertz CT molecular complexity index is 552. The molecule has 1 aromatic rings. The molecule has 0 spiro atoms. The van der Waals surface area contributed by atoms with Crippen molar-refractivity contribution in [2.75, 3.05) is 19.7 Å². The van der Waals surface area contributed by atoms with Crippen LogP contribution in [0.4, 0.5) is 0 Å². The Morgan fingerprint density at radius 3 is 2.08 bits per heavy atom. The zero-order valence-electron chi connectivity index (χ0n) is 15.1. The van der Waals surface area contributed by atoms with E-state index in [4.69, 9.17) is 4.74 Å². The number of rotatable bonds is 6. The average Bonchev–Trinajstić information content (AvgIpc) is 3.06. The van der Waals surface area contributed by atoms with Gasteiger partial charge in [0.2, 0.25) is 0 Å². The van der Waals surface area contributed by atoms with Crippen LogP contribution in [-0.2, 0) is 4.79 Å². The highest BCUT2D eigenvalue weighted by Crippen LogP contribution is 2.17. The van der Waals surface area contributed by atoms with Crippen LogP contribution in [0.2, 0.25) is 0 Å². The van der Waals surface area contributed by atoms with Crippen LogP contribution in [0.15, 0.2) is 24.3 Å². The summed E-state index contributed by atoms with van der Waals surface area (Å²) >= 11 is 0.